The summed E-state index contributed by atoms with van der Waals surface area (Å²) in [5.74, 6) is -0.130. The molecule has 2 N–H and O–H groups in total. The maximum Gasteiger partial charge on any atom is 0.279 e. The number of nitro benzene ring substituents is 1. The Bertz CT molecular complexity index is 1040. The van der Waals surface area contributed by atoms with E-state index in [1.807, 2.05) is 0 Å². The van der Waals surface area contributed by atoms with Crippen molar-refractivity contribution in [3.05, 3.63) is 69.9 Å². The van der Waals surface area contributed by atoms with E-state index in [9.17, 15) is 20.0 Å². The van der Waals surface area contributed by atoms with Crippen molar-refractivity contribution in [3.8, 4) is 11.5 Å². The van der Waals surface area contributed by atoms with Crippen LogP contribution in [0.25, 0.3) is 10.9 Å². The lowest BCUT2D eigenvalue weighted by Crippen LogP contribution is -2.27. The molecule has 1 amide bonds. The van der Waals surface area contributed by atoms with Crippen molar-refractivity contribution in [1.29, 1.82) is 0 Å². The molecule has 0 bridgehead atoms. The Labute approximate surface area is 154 Å². The molecule has 0 saturated heterocycles. The lowest BCUT2D eigenvalue weighted by atomic mass is 9.94. The van der Waals surface area contributed by atoms with Crippen LogP contribution in [0.1, 0.15) is 24.1 Å². The van der Waals surface area contributed by atoms with Gasteiger partial charge < -0.3 is 15.2 Å². The van der Waals surface area contributed by atoms with Crippen molar-refractivity contribution in [2.45, 2.75) is 13.0 Å². The van der Waals surface area contributed by atoms with Crippen LogP contribution >= 0.6 is 0 Å². The van der Waals surface area contributed by atoms with Gasteiger partial charge in [-0.25, -0.2) is 0 Å². The lowest BCUT2D eigenvalue weighted by molar-refractivity contribution is -0.383. The molecule has 0 aliphatic heterocycles. The number of rotatable bonds is 5. The minimum absolute atomic E-state index is 0.0898. The Morgan fingerprint density at radius 3 is 2.67 bits per heavy atom. The summed E-state index contributed by atoms with van der Waals surface area (Å²) < 4.78 is 5.35. The number of nitro groups is 1. The van der Waals surface area contributed by atoms with Gasteiger partial charge in [0.05, 0.1) is 23.5 Å². The first kappa shape index (κ1) is 18.1. The van der Waals surface area contributed by atoms with Crippen molar-refractivity contribution in [2.75, 3.05) is 7.11 Å². The number of methoxy groups -OCH3 is 1. The first-order chi connectivity index (χ1) is 12.9. The molecule has 8 heteroatoms. The van der Waals surface area contributed by atoms with Gasteiger partial charge >= 0.3 is 0 Å². The highest BCUT2D eigenvalue weighted by molar-refractivity contribution is 5.94. The Kier molecular flexibility index (Phi) is 4.89. The molecule has 2 aromatic carbocycles. The Morgan fingerprint density at radius 2 is 2.00 bits per heavy atom. The van der Waals surface area contributed by atoms with Gasteiger partial charge in [0.15, 0.2) is 0 Å². The molecule has 1 heterocycles. The van der Waals surface area contributed by atoms with E-state index in [1.165, 1.54) is 32.4 Å². The van der Waals surface area contributed by atoms with Crippen LogP contribution in [0.15, 0.2) is 48.7 Å². The summed E-state index contributed by atoms with van der Waals surface area (Å²) in [6.45, 7) is 1.33. The number of aromatic nitrogens is 1. The minimum Gasteiger partial charge on any atom is -0.505 e. The number of para-hydroxylation sites is 1. The van der Waals surface area contributed by atoms with Crippen molar-refractivity contribution < 1.29 is 19.6 Å². The van der Waals surface area contributed by atoms with Crippen LogP contribution in [0.3, 0.4) is 0 Å². The number of phenols is 1. The number of hydrogen-bond donors (Lipinski definition) is 2. The molecule has 1 atom stereocenters. The van der Waals surface area contributed by atoms with Gasteiger partial charge in [-0.15, -0.1) is 0 Å². The number of carbonyl (C=O) groups excluding carboxylic acids is 1. The molecule has 138 valence electrons. The van der Waals surface area contributed by atoms with E-state index in [4.69, 9.17) is 4.74 Å². The second kappa shape index (κ2) is 7.28. The summed E-state index contributed by atoms with van der Waals surface area (Å²) in [4.78, 5) is 26.9. The van der Waals surface area contributed by atoms with Gasteiger partial charge in [0.2, 0.25) is 5.91 Å². The number of pyridine rings is 1. The molecule has 1 aromatic heterocycles. The second-order valence-corrected chi connectivity index (χ2v) is 5.87. The third-order valence-corrected chi connectivity index (χ3v) is 4.18. The largest absolute Gasteiger partial charge is 0.505 e. The highest BCUT2D eigenvalue weighted by Crippen LogP contribution is 2.41. The number of non-ortho nitro benzene ring substituents is 1. The summed E-state index contributed by atoms with van der Waals surface area (Å²) in [5.41, 5.74) is 0.589. The standard InChI is InChI=1S/C19H17N3O5/c1-11(23)21-17(13-6-3-4-8-16(13)27-2)14-10-15(22(25)26)12-7-5-9-20-18(12)19(14)24/h3-10,17,24H,1-2H3,(H,21,23)/t17-/m0/s1. The van der Waals surface area contributed by atoms with E-state index in [2.05, 4.69) is 10.3 Å². The number of fused-ring (bicyclic) bond motifs is 1. The number of phenolic OH excluding ortho intramolecular Hbond substituents is 1. The average Bonchev–Trinajstić information content (AvgIpc) is 2.66. The maximum absolute atomic E-state index is 11.8. The van der Waals surface area contributed by atoms with Crippen LogP contribution in [-0.4, -0.2) is 28.0 Å². The molecule has 0 aliphatic rings. The molecule has 0 saturated carbocycles. The second-order valence-electron chi connectivity index (χ2n) is 5.87. The normalized spacial score (nSPS) is 11.8. The summed E-state index contributed by atoms with van der Waals surface area (Å²) in [6.07, 6.45) is 1.44. The summed E-state index contributed by atoms with van der Waals surface area (Å²) >= 11 is 0. The SMILES string of the molecule is COc1ccccc1[C@H](NC(C)=O)c1cc([N+](=O)[O-])c2cccnc2c1O. The van der Waals surface area contributed by atoms with Gasteiger partial charge in [0.1, 0.15) is 17.0 Å². The number of aromatic hydroxyl groups is 1. The quantitative estimate of drug-likeness (QED) is 0.529. The van der Waals surface area contributed by atoms with Gasteiger partial charge in [-0.05, 0) is 18.2 Å². The van der Waals surface area contributed by atoms with Crippen molar-refractivity contribution in [2.24, 2.45) is 0 Å². The summed E-state index contributed by atoms with van der Waals surface area (Å²) in [7, 11) is 1.48. The Balaban J connectivity index is 2.32. The molecule has 27 heavy (non-hydrogen) atoms. The number of ether oxygens (including phenoxy) is 1. The Hall–Kier alpha value is -3.68. The van der Waals surface area contributed by atoms with Crippen LogP contribution in [0.5, 0.6) is 11.5 Å². The van der Waals surface area contributed by atoms with E-state index in [0.29, 0.717) is 11.3 Å². The monoisotopic (exact) mass is 367 g/mol. The molecular formula is C19H17N3O5. The molecule has 0 aliphatic carbocycles. The smallest absolute Gasteiger partial charge is 0.279 e. The molecule has 0 unspecified atom stereocenters. The van der Waals surface area contributed by atoms with Gasteiger partial charge in [-0.1, -0.05) is 18.2 Å². The molecular weight excluding hydrogens is 350 g/mol. The van der Waals surface area contributed by atoms with Crippen LogP contribution < -0.4 is 10.1 Å². The highest BCUT2D eigenvalue weighted by Gasteiger charge is 2.27. The predicted molar refractivity (Wildman–Crippen MR) is 98.7 cm³/mol. The predicted octanol–water partition coefficient (Wildman–Crippen LogP) is 3.08. The number of nitrogens with zero attached hydrogens (tertiary/aromatic N) is 2. The fraction of sp³-hybridized carbons (Fsp3) is 0.158. The molecule has 0 fully saturated rings. The molecule has 8 nitrogen and oxygen atoms in total. The number of hydrogen-bond acceptors (Lipinski definition) is 6. The van der Waals surface area contributed by atoms with Gasteiger partial charge in [-0.2, -0.15) is 0 Å². The molecule has 0 radical (unpaired) electrons. The van der Waals surface area contributed by atoms with Crippen molar-refractivity contribution >= 4 is 22.5 Å². The first-order valence-electron chi connectivity index (χ1n) is 8.09. The van der Waals surface area contributed by atoms with E-state index in [0.717, 1.165) is 0 Å². The third kappa shape index (κ3) is 3.37. The van der Waals surface area contributed by atoms with E-state index >= 15 is 0 Å². The minimum atomic E-state index is -0.858. The Morgan fingerprint density at radius 1 is 1.26 bits per heavy atom. The fourth-order valence-electron chi connectivity index (χ4n) is 3.03. The van der Waals surface area contributed by atoms with Gasteiger partial charge in [0, 0.05) is 30.3 Å². The number of amides is 1. The third-order valence-electron chi connectivity index (χ3n) is 4.18. The van der Waals surface area contributed by atoms with E-state index < -0.39 is 11.0 Å². The topological polar surface area (TPSA) is 115 Å². The van der Waals surface area contributed by atoms with Crippen LogP contribution in [-0.2, 0) is 4.79 Å². The molecule has 3 rings (SSSR count). The summed E-state index contributed by atoms with van der Waals surface area (Å²) in [5, 5.41) is 25.3. The maximum atomic E-state index is 11.8. The highest BCUT2D eigenvalue weighted by atomic mass is 16.6. The van der Waals surface area contributed by atoms with Crippen LogP contribution in [0.4, 0.5) is 5.69 Å². The van der Waals surface area contributed by atoms with Gasteiger partial charge in [-0.3, -0.25) is 19.9 Å². The zero-order chi connectivity index (χ0) is 19.6. The van der Waals surface area contributed by atoms with Crippen molar-refractivity contribution in [1.82, 2.24) is 10.3 Å². The van der Waals surface area contributed by atoms with E-state index in [-0.39, 0.29) is 33.8 Å². The zero-order valence-electron chi connectivity index (χ0n) is 14.7. The fourth-order valence-corrected chi connectivity index (χ4v) is 3.03. The van der Waals surface area contributed by atoms with Crippen LogP contribution in [0.2, 0.25) is 0 Å². The van der Waals surface area contributed by atoms with E-state index in [1.54, 1.807) is 30.3 Å². The average molecular weight is 367 g/mol. The number of benzene rings is 2. The number of carbonyl (C=O) groups is 1. The summed E-state index contributed by atoms with van der Waals surface area (Å²) in [6, 6.07) is 10.4. The zero-order valence-corrected chi connectivity index (χ0v) is 14.7. The number of nitrogens with one attached hydrogen (secondary N) is 1. The van der Waals surface area contributed by atoms with Crippen LogP contribution in [0, 0.1) is 10.1 Å². The van der Waals surface area contributed by atoms with Crippen molar-refractivity contribution in [3.63, 3.8) is 0 Å². The first-order valence-corrected chi connectivity index (χ1v) is 8.09. The molecule has 3 aromatic rings. The molecule has 0 spiro atoms. The lowest BCUT2D eigenvalue weighted by Gasteiger charge is -2.22. The van der Waals surface area contributed by atoms with Gasteiger partial charge in [0.25, 0.3) is 5.69 Å².